The normalized spacial score (nSPS) is 19.2. The summed E-state index contributed by atoms with van der Waals surface area (Å²) in [6.45, 7) is 8.37. The molecule has 2 amide bonds. The molecule has 144 valence electrons. The summed E-state index contributed by atoms with van der Waals surface area (Å²) in [5.41, 5.74) is 1.56. The first-order chi connectivity index (χ1) is 12.0. The predicted octanol–water partition coefficient (Wildman–Crippen LogP) is 2.35. The van der Waals surface area contributed by atoms with Gasteiger partial charge in [0.25, 0.3) is 0 Å². The quantitative estimate of drug-likeness (QED) is 0.795. The molecule has 0 bridgehead atoms. The lowest BCUT2D eigenvalue weighted by Crippen LogP contribution is -2.42. The largest absolute Gasteiger partial charge is 0.338 e. The van der Waals surface area contributed by atoms with Gasteiger partial charge >= 0.3 is 0 Å². The second-order valence-corrected chi connectivity index (χ2v) is 9.99. The van der Waals surface area contributed by atoms with E-state index in [9.17, 15) is 18.0 Å². The molecular formula is C19H28N2O4S. The molecule has 26 heavy (non-hydrogen) atoms. The molecule has 1 aromatic carbocycles. The van der Waals surface area contributed by atoms with Crippen LogP contribution in [0.3, 0.4) is 0 Å². The summed E-state index contributed by atoms with van der Waals surface area (Å²) < 4.78 is 23.3. The number of hydrogen-bond donors (Lipinski definition) is 1. The maximum Gasteiger partial charge on any atom is 0.233 e. The Labute approximate surface area is 155 Å². The molecule has 1 N–H and O–H groups in total. The zero-order chi connectivity index (χ0) is 19.5. The van der Waals surface area contributed by atoms with E-state index in [-0.39, 0.29) is 41.2 Å². The Morgan fingerprint density at radius 2 is 1.88 bits per heavy atom. The fraction of sp³-hybridized carbons (Fsp3) is 0.579. The second-order valence-electron chi connectivity index (χ2n) is 7.76. The SMILES string of the molecule is CCN(C(=O)CC(=O)Nc1ccccc1C(C)(C)C)C1CCS(=O)(=O)C1. The van der Waals surface area contributed by atoms with Crippen LogP contribution in [-0.2, 0) is 24.8 Å². The van der Waals surface area contributed by atoms with Crippen LogP contribution in [-0.4, -0.2) is 49.2 Å². The summed E-state index contributed by atoms with van der Waals surface area (Å²) in [7, 11) is -3.08. The highest BCUT2D eigenvalue weighted by Gasteiger charge is 2.34. The molecule has 0 spiro atoms. The Balaban J connectivity index is 2.05. The maximum absolute atomic E-state index is 12.5. The molecule has 1 fully saturated rings. The topological polar surface area (TPSA) is 83.6 Å². The summed E-state index contributed by atoms with van der Waals surface area (Å²) in [5.74, 6) is -0.625. The van der Waals surface area contributed by atoms with Crippen molar-refractivity contribution in [3.63, 3.8) is 0 Å². The Kier molecular flexibility index (Phi) is 6.11. The van der Waals surface area contributed by atoms with Crippen molar-refractivity contribution in [3.8, 4) is 0 Å². The van der Waals surface area contributed by atoms with Gasteiger partial charge < -0.3 is 10.2 Å². The van der Waals surface area contributed by atoms with Crippen molar-refractivity contribution < 1.29 is 18.0 Å². The Morgan fingerprint density at radius 1 is 1.23 bits per heavy atom. The minimum Gasteiger partial charge on any atom is -0.338 e. The van der Waals surface area contributed by atoms with Gasteiger partial charge in [0.1, 0.15) is 6.42 Å². The predicted molar refractivity (Wildman–Crippen MR) is 103 cm³/mol. The summed E-state index contributed by atoms with van der Waals surface area (Å²) >= 11 is 0. The number of carbonyl (C=O) groups excluding carboxylic acids is 2. The van der Waals surface area contributed by atoms with Gasteiger partial charge in [0, 0.05) is 18.3 Å². The fourth-order valence-electron chi connectivity index (χ4n) is 3.34. The van der Waals surface area contributed by atoms with Crippen LogP contribution in [0.15, 0.2) is 24.3 Å². The molecule has 2 rings (SSSR count). The summed E-state index contributed by atoms with van der Waals surface area (Å²) in [6, 6.07) is 7.21. The highest BCUT2D eigenvalue weighted by atomic mass is 32.2. The van der Waals surface area contributed by atoms with Crippen molar-refractivity contribution in [2.24, 2.45) is 0 Å². The number of nitrogens with one attached hydrogen (secondary N) is 1. The standard InChI is InChI=1S/C19H28N2O4S/c1-5-21(14-10-11-26(24,25)13-14)18(23)12-17(22)20-16-9-7-6-8-15(16)19(2,3)4/h6-9,14H,5,10-13H2,1-4H3,(H,20,22). The first kappa shape index (κ1) is 20.4. The summed E-state index contributed by atoms with van der Waals surface area (Å²) in [5, 5.41) is 2.83. The lowest BCUT2D eigenvalue weighted by Gasteiger charge is -2.27. The molecule has 0 saturated carbocycles. The van der Waals surface area contributed by atoms with E-state index in [1.54, 1.807) is 6.92 Å². The van der Waals surface area contributed by atoms with Gasteiger partial charge in [-0.05, 0) is 30.4 Å². The molecule has 1 heterocycles. The van der Waals surface area contributed by atoms with Gasteiger partial charge in [-0.25, -0.2) is 8.42 Å². The molecule has 0 radical (unpaired) electrons. The monoisotopic (exact) mass is 380 g/mol. The van der Waals surface area contributed by atoms with E-state index >= 15 is 0 Å². The van der Waals surface area contributed by atoms with Crippen LogP contribution >= 0.6 is 0 Å². The van der Waals surface area contributed by atoms with Crippen molar-refractivity contribution in [2.75, 3.05) is 23.4 Å². The molecule has 6 nitrogen and oxygen atoms in total. The molecule has 1 aliphatic rings. The van der Waals surface area contributed by atoms with Crippen LogP contribution in [0, 0.1) is 0 Å². The highest BCUT2D eigenvalue weighted by molar-refractivity contribution is 7.91. The van der Waals surface area contributed by atoms with Gasteiger partial charge in [-0.2, -0.15) is 0 Å². The summed E-state index contributed by atoms with van der Waals surface area (Å²) in [6.07, 6.45) is 0.152. The van der Waals surface area contributed by atoms with Crippen LogP contribution < -0.4 is 5.32 Å². The number of para-hydroxylation sites is 1. The van der Waals surface area contributed by atoms with E-state index in [1.165, 1.54) is 4.90 Å². The Hall–Kier alpha value is -1.89. The average Bonchev–Trinajstić information content (AvgIpc) is 2.87. The van der Waals surface area contributed by atoms with Crippen molar-refractivity contribution in [3.05, 3.63) is 29.8 Å². The minimum absolute atomic E-state index is 0.0128. The number of rotatable bonds is 5. The molecule has 1 saturated heterocycles. The van der Waals surface area contributed by atoms with Crippen LogP contribution in [0.1, 0.15) is 46.1 Å². The molecule has 1 unspecified atom stereocenters. The first-order valence-electron chi connectivity index (χ1n) is 8.93. The van der Waals surface area contributed by atoms with E-state index in [0.717, 1.165) is 5.56 Å². The molecule has 1 aliphatic heterocycles. The van der Waals surface area contributed by atoms with Crippen LogP contribution in [0.25, 0.3) is 0 Å². The van der Waals surface area contributed by atoms with Crippen molar-refractivity contribution in [2.45, 2.75) is 52.0 Å². The Morgan fingerprint density at radius 3 is 2.42 bits per heavy atom. The number of hydrogen-bond acceptors (Lipinski definition) is 4. The lowest BCUT2D eigenvalue weighted by atomic mass is 9.86. The Bertz CT molecular complexity index is 781. The number of benzene rings is 1. The number of amides is 2. The van der Waals surface area contributed by atoms with Gasteiger partial charge in [0.05, 0.1) is 11.5 Å². The number of nitrogens with zero attached hydrogens (tertiary/aromatic N) is 1. The van der Waals surface area contributed by atoms with E-state index in [2.05, 4.69) is 26.1 Å². The molecular weight excluding hydrogens is 352 g/mol. The van der Waals surface area contributed by atoms with Gasteiger partial charge in [0.15, 0.2) is 9.84 Å². The molecule has 1 atom stereocenters. The van der Waals surface area contributed by atoms with E-state index in [1.807, 2.05) is 24.3 Å². The van der Waals surface area contributed by atoms with Crippen molar-refractivity contribution >= 4 is 27.3 Å². The van der Waals surface area contributed by atoms with Gasteiger partial charge in [0.2, 0.25) is 11.8 Å². The molecule has 1 aromatic rings. The second kappa shape index (κ2) is 7.78. The van der Waals surface area contributed by atoms with E-state index in [4.69, 9.17) is 0 Å². The van der Waals surface area contributed by atoms with Gasteiger partial charge in [-0.1, -0.05) is 39.0 Å². The van der Waals surface area contributed by atoms with Gasteiger partial charge in [-0.15, -0.1) is 0 Å². The van der Waals surface area contributed by atoms with Crippen molar-refractivity contribution in [1.82, 2.24) is 4.90 Å². The third kappa shape index (κ3) is 5.06. The molecule has 7 heteroatoms. The van der Waals surface area contributed by atoms with Crippen LogP contribution in [0.2, 0.25) is 0 Å². The van der Waals surface area contributed by atoms with E-state index < -0.39 is 9.84 Å². The van der Waals surface area contributed by atoms with Crippen LogP contribution in [0.4, 0.5) is 5.69 Å². The smallest absolute Gasteiger partial charge is 0.233 e. The fourth-order valence-corrected chi connectivity index (χ4v) is 5.07. The minimum atomic E-state index is -3.08. The average molecular weight is 381 g/mol. The van der Waals surface area contributed by atoms with E-state index in [0.29, 0.717) is 18.7 Å². The molecule has 0 aliphatic carbocycles. The number of anilines is 1. The van der Waals surface area contributed by atoms with Crippen molar-refractivity contribution in [1.29, 1.82) is 0 Å². The zero-order valence-corrected chi connectivity index (χ0v) is 16.7. The third-order valence-electron chi connectivity index (χ3n) is 4.63. The number of sulfone groups is 1. The first-order valence-corrected chi connectivity index (χ1v) is 10.7. The van der Waals surface area contributed by atoms with Gasteiger partial charge in [-0.3, -0.25) is 9.59 Å². The van der Waals surface area contributed by atoms with Crippen LogP contribution in [0.5, 0.6) is 0 Å². The highest BCUT2D eigenvalue weighted by Crippen LogP contribution is 2.29. The summed E-state index contributed by atoms with van der Waals surface area (Å²) in [4.78, 5) is 26.4. The zero-order valence-electron chi connectivity index (χ0n) is 15.9. The maximum atomic E-state index is 12.5. The third-order valence-corrected chi connectivity index (χ3v) is 6.38. The number of carbonyl (C=O) groups is 2. The lowest BCUT2D eigenvalue weighted by molar-refractivity contribution is -0.135. The molecule has 0 aromatic heterocycles.